The molecule has 1 aliphatic rings. The third-order valence-electron chi connectivity index (χ3n) is 3.17. The summed E-state index contributed by atoms with van der Waals surface area (Å²) in [6.07, 6.45) is 0.866. The van der Waals surface area contributed by atoms with Crippen molar-refractivity contribution in [2.24, 2.45) is 0 Å². The van der Waals surface area contributed by atoms with Gasteiger partial charge in [0, 0.05) is 6.07 Å². The minimum atomic E-state index is -1.01. The van der Waals surface area contributed by atoms with Gasteiger partial charge in [0.1, 0.15) is 17.6 Å². The lowest BCUT2D eigenvalue weighted by atomic mass is 9.99. The van der Waals surface area contributed by atoms with E-state index in [4.69, 9.17) is 14.2 Å². The Balaban J connectivity index is 2.48. The fraction of sp³-hybridized carbons (Fsp3) is 0.267. The second-order valence-electron chi connectivity index (χ2n) is 4.29. The number of benzene rings is 1. The highest BCUT2D eigenvalue weighted by atomic mass is 16.5. The molecule has 0 aliphatic carbocycles. The van der Waals surface area contributed by atoms with Crippen molar-refractivity contribution < 1.29 is 24.1 Å². The predicted octanol–water partition coefficient (Wildman–Crippen LogP) is 2.34. The smallest absolute Gasteiger partial charge is 0.334 e. The fourth-order valence-corrected chi connectivity index (χ4v) is 2.16. The van der Waals surface area contributed by atoms with Gasteiger partial charge in [-0.2, -0.15) is 0 Å². The van der Waals surface area contributed by atoms with Gasteiger partial charge in [0.15, 0.2) is 0 Å². The van der Waals surface area contributed by atoms with Crippen LogP contribution in [0.15, 0.2) is 42.0 Å². The number of carbonyl (C=O) groups is 1. The zero-order valence-electron chi connectivity index (χ0n) is 11.4. The Hall–Kier alpha value is -2.27. The van der Waals surface area contributed by atoms with Crippen LogP contribution in [0.3, 0.4) is 0 Å². The van der Waals surface area contributed by atoms with Gasteiger partial charge in [0.25, 0.3) is 0 Å². The molecule has 1 aliphatic heterocycles. The van der Waals surface area contributed by atoms with Crippen LogP contribution in [-0.4, -0.2) is 31.9 Å². The summed E-state index contributed by atoms with van der Waals surface area (Å²) >= 11 is 0. The van der Waals surface area contributed by atoms with Crippen molar-refractivity contribution in [3.63, 3.8) is 0 Å². The van der Waals surface area contributed by atoms with Crippen LogP contribution in [0.5, 0.6) is 11.5 Å². The van der Waals surface area contributed by atoms with Crippen molar-refractivity contribution in [3.05, 3.63) is 47.6 Å². The molecule has 0 aromatic heterocycles. The Morgan fingerprint density at radius 3 is 2.40 bits per heavy atom. The quantitative estimate of drug-likeness (QED) is 0.894. The highest BCUT2D eigenvalue weighted by Gasteiger charge is 2.32. The Morgan fingerprint density at radius 1 is 1.35 bits per heavy atom. The number of ether oxygens (including phenoxy) is 3. The van der Waals surface area contributed by atoms with Crippen molar-refractivity contribution >= 4 is 5.97 Å². The maximum absolute atomic E-state index is 11.4. The van der Waals surface area contributed by atoms with E-state index in [9.17, 15) is 9.90 Å². The molecule has 1 N–H and O–H groups in total. The van der Waals surface area contributed by atoms with Gasteiger partial charge in [-0.25, -0.2) is 4.79 Å². The van der Waals surface area contributed by atoms with Crippen molar-refractivity contribution in [2.45, 2.75) is 6.10 Å². The lowest BCUT2D eigenvalue weighted by Gasteiger charge is -2.15. The number of hydrogen-bond donors (Lipinski definition) is 1. The summed E-state index contributed by atoms with van der Waals surface area (Å²) in [7, 11) is 3.08. The van der Waals surface area contributed by atoms with E-state index in [1.807, 2.05) is 0 Å². The molecule has 0 saturated heterocycles. The summed E-state index contributed by atoms with van der Waals surface area (Å²) in [5.41, 5.74) is 1.47. The Labute approximate surface area is 117 Å². The van der Waals surface area contributed by atoms with E-state index in [1.54, 1.807) is 18.2 Å². The molecule has 20 heavy (non-hydrogen) atoms. The number of aliphatic carboxylic acids is 1. The third kappa shape index (κ3) is 2.53. The van der Waals surface area contributed by atoms with Crippen LogP contribution >= 0.6 is 0 Å². The van der Waals surface area contributed by atoms with E-state index < -0.39 is 12.1 Å². The zero-order chi connectivity index (χ0) is 14.7. The summed E-state index contributed by atoms with van der Waals surface area (Å²) in [5, 5.41) is 9.35. The van der Waals surface area contributed by atoms with E-state index in [1.165, 1.54) is 20.3 Å². The highest BCUT2D eigenvalue weighted by Crippen LogP contribution is 2.38. The maximum Gasteiger partial charge on any atom is 0.334 e. The van der Waals surface area contributed by atoms with Crippen molar-refractivity contribution in [1.29, 1.82) is 0 Å². The second kappa shape index (κ2) is 5.79. The van der Waals surface area contributed by atoms with Crippen LogP contribution in [0, 0.1) is 0 Å². The van der Waals surface area contributed by atoms with Gasteiger partial charge in [-0.3, -0.25) is 0 Å². The number of carboxylic acids is 1. The average molecular weight is 276 g/mol. The fourth-order valence-electron chi connectivity index (χ4n) is 2.16. The maximum atomic E-state index is 11.4. The van der Waals surface area contributed by atoms with Gasteiger partial charge in [0.2, 0.25) is 0 Å². The first-order valence-electron chi connectivity index (χ1n) is 6.04. The molecule has 106 valence electrons. The Bertz CT molecular complexity index is 551. The number of hydrogen-bond acceptors (Lipinski definition) is 4. The monoisotopic (exact) mass is 276 g/mol. The molecule has 0 spiro atoms. The van der Waals surface area contributed by atoms with E-state index in [2.05, 4.69) is 6.58 Å². The van der Waals surface area contributed by atoms with Gasteiger partial charge in [0.05, 0.1) is 26.4 Å². The molecular formula is C15H16O5. The second-order valence-corrected chi connectivity index (χ2v) is 4.29. The average Bonchev–Trinajstić information content (AvgIpc) is 2.90. The van der Waals surface area contributed by atoms with Crippen molar-refractivity contribution in [1.82, 2.24) is 0 Å². The normalized spacial score (nSPS) is 18.0. The molecule has 5 heteroatoms. The lowest BCUT2D eigenvalue weighted by molar-refractivity contribution is -0.133. The lowest BCUT2D eigenvalue weighted by Crippen LogP contribution is -2.10. The van der Waals surface area contributed by atoms with Gasteiger partial charge in [-0.1, -0.05) is 12.7 Å². The SMILES string of the molecule is C=CC1=C(C(=O)O)C(c2cc(OC)cc(OC)c2)OC1. The van der Waals surface area contributed by atoms with Gasteiger partial charge >= 0.3 is 5.97 Å². The number of rotatable bonds is 5. The largest absolute Gasteiger partial charge is 0.497 e. The summed E-state index contributed by atoms with van der Waals surface area (Å²) in [6, 6.07) is 5.20. The first-order chi connectivity index (χ1) is 9.60. The zero-order valence-corrected chi connectivity index (χ0v) is 11.4. The third-order valence-corrected chi connectivity index (χ3v) is 3.17. The van der Waals surface area contributed by atoms with Crippen molar-refractivity contribution in [3.8, 4) is 11.5 Å². The minimum absolute atomic E-state index is 0.204. The molecule has 2 rings (SSSR count). The summed E-state index contributed by atoms with van der Waals surface area (Å²) in [4.78, 5) is 11.4. The Kier molecular flexibility index (Phi) is 4.10. The van der Waals surface area contributed by atoms with Gasteiger partial charge in [-0.05, 0) is 23.3 Å². The molecular weight excluding hydrogens is 260 g/mol. The summed E-state index contributed by atoms with van der Waals surface area (Å²) in [6.45, 7) is 3.85. The van der Waals surface area contributed by atoms with Crippen molar-refractivity contribution in [2.75, 3.05) is 20.8 Å². The van der Waals surface area contributed by atoms with Crippen LogP contribution in [0.2, 0.25) is 0 Å². The molecule has 1 atom stereocenters. The molecule has 0 bridgehead atoms. The predicted molar refractivity (Wildman–Crippen MR) is 73.1 cm³/mol. The van der Waals surface area contributed by atoms with Crippen LogP contribution < -0.4 is 9.47 Å². The standard InChI is InChI=1S/C15H16O5/c1-4-9-8-20-14(13(9)15(16)17)10-5-11(18-2)7-12(6-10)19-3/h4-7,14H,1,8H2,2-3H3,(H,16,17). The number of methoxy groups -OCH3 is 2. The first kappa shape index (κ1) is 14.1. The summed E-state index contributed by atoms with van der Waals surface area (Å²) < 4.78 is 16.0. The molecule has 5 nitrogen and oxygen atoms in total. The van der Waals surface area contributed by atoms with Gasteiger partial charge < -0.3 is 19.3 Å². The Morgan fingerprint density at radius 2 is 1.95 bits per heavy atom. The molecule has 1 aromatic rings. The van der Waals surface area contributed by atoms with E-state index in [0.29, 0.717) is 22.6 Å². The van der Waals surface area contributed by atoms with E-state index in [0.717, 1.165) is 0 Å². The molecule has 0 fully saturated rings. The van der Waals surface area contributed by atoms with Crippen LogP contribution in [0.1, 0.15) is 11.7 Å². The molecule has 1 heterocycles. The van der Waals surface area contributed by atoms with E-state index >= 15 is 0 Å². The van der Waals surface area contributed by atoms with E-state index in [-0.39, 0.29) is 12.2 Å². The molecule has 1 unspecified atom stereocenters. The van der Waals surface area contributed by atoms with Gasteiger partial charge in [-0.15, -0.1) is 0 Å². The molecule has 0 radical (unpaired) electrons. The van der Waals surface area contributed by atoms with Crippen LogP contribution in [0.4, 0.5) is 0 Å². The number of carboxylic acid groups (broad SMARTS) is 1. The first-order valence-corrected chi connectivity index (χ1v) is 6.04. The topological polar surface area (TPSA) is 65.0 Å². The highest BCUT2D eigenvalue weighted by molar-refractivity contribution is 5.90. The summed E-state index contributed by atoms with van der Waals surface area (Å²) in [5.74, 6) is 0.156. The molecule has 0 saturated carbocycles. The molecule has 1 aromatic carbocycles. The minimum Gasteiger partial charge on any atom is -0.497 e. The van der Waals surface area contributed by atoms with Crippen LogP contribution in [-0.2, 0) is 9.53 Å². The van der Waals surface area contributed by atoms with Crippen LogP contribution in [0.25, 0.3) is 0 Å². The molecule has 0 amide bonds.